The standard InChI is InChI=1S/C28H40N2.C20H24N2/c1-17(2)23-13-11-14-24(18(3)4)27(23)29-21(9)22(10)30-28-25(19(5)6)15-12-16-26(28)20(7)8;1-13-9-7-10-14(2)19(13)21-17(5)18(6)22-20-15(3)11-8-12-16(20)4/h11-20H,1-10H3;7-12H,1-6H3. The van der Waals surface area contributed by atoms with E-state index in [4.69, 9.17) is 20.0 Å². The molecule has 0 amide bonds. The summed E-state index contributed by atoms with van der Waals surface area (Å²) in [5.74, 6) is 1.73. The van der Waals surface area contributed by atoms with Gasteiger partial charge in [-0.2, -0.15) is 0 Å². The second-order valence-electron chi connectivity index (χ2n) is 15.5. The fourth-order valence-corrected chi connectivity index (χ4v) is 6.24. The minimum Gasteiger partial charge on any atom is -0.251 e. The largest absolute Gasteiger partial charge is 0.251 e. The van der Waals surface area contributed by atoms with E-state index in [9.17, 15) is 0 Å². The molecule has 0 saturated heterocycles. The van der Waals surface area contributed by atoms with Gasteiger partial charge in [-0.3, -0.25) is 20.0 Å². The monoisotopic (exact) mass is 697 g/mol. The normalized spacial score (nSPS) is 13.0. The van der Waals surface area contributed by atoms with Gasteiger partial charge in [-0.15, -0.1) is 0 Å². The van der Waals surface area contributed by atoms with Gasteiger partial charge < -0.3 is 0 Å². The number of hydrogen-bond donors (Lipinski definition) is 0. The molecular formula is C48H64N4. The molecule has 4 rings (SSSR count). The summed E-state index contributed by atoms with van der Waals surface area (Å²) in [7, 11) is 0. The Morgan fingerprint density at radius 3 is 0.731 bits per heavy atom. The van der Waals surface area contributed by atoms with Crippen molar-refractivity contribution in [3.05, 3.63) is 117 Å². The molecule has 0 atom stereocenters. The van der Waals surface area contributed by atoms with Gasteiger partial charge in [-0.1, -0.05) is 128 Å². The second kappa shape index (κ2) is 18.9. The van der Waals surface area contributed by atoms with Crippen molar-refractivity contribution in [2.45, 2.75) is 134 Å². The molecule has 0 bridgehead atoms. The first-order chi connectivity index (χ1) is 24.4. The first-order valence-corrected chi connectivity index (χ1v) is 19.0. The lowest BCUT2D eigenvalue weighted by Crippen LogP contribution is -2.07. The van der Waals surface area contributed by atoms with Crippen molar-refractivity contribution in [1.82, 2.24) is 0 Å². The van der Waals surface area contributed by atoms with Crippen LogP contribution in [0.3, 0.4) is 0 Å². The maximum Gasteiger partial charge on any atom is 0.0702 e. The molecular weight excluding hydrogens is 633 g/mol. The van der Waals surface area contributed by atoms with Crippen LogP contribution < -0.4 is 0 Å². The average molecular weight is 697 g/mol. The molecule has 0 spiro atoms. The van der Waals surface area contributed by atoms with Crippen molar-refractivity contribution < 1.29 is 0 Å². The molecule has 4 heteroatoms. The van der Waals surface area contributed by atoms with Crippen molar-refractivity contribution >= 4 is 45.6 Å². The van der Waals surface area contributed by atoms with Crippen LogP contribution in [-0.4, -0.2) is 22.8 Å². The van der Waals surface area contributed by atoms with E-state index in [0.717, 1.165) is 45.6 Å². The van der Waals surface area contributed by atoms with Crippen LogP contribution in [0.5, 0.6) is 0 Å². The highest BCUT2D eigenvalue weighted by atomic mass is 14.8. The second-order valence-corrected chi connectivity index (χ2v) is 15.5. The third-order valence-electron chi connectivity index (χ3n) is 9.73. The first-order valence-electron chi connectivity index (χ1n) is 19.0. The zero-order valence-corrected chi connectivity index (χ0v) is 35.0. The quantitative estimate of drug-likeness (QED) is 0.148. The lowest BCUT2D eigenvalue weighted by Gasteiger charge is -2.18. The highest BCUT2D eigenvalue weighted by Crippen LogP contribution is 2.37. The number of nitrogens with zero attached hydrogens (tertiary/aromatic N) is 4. The van der Waals surface area contributed by atoms with Gasteiger partial charge in [0, 0.05) is 0 Å². The first kappa shape index (κ1) is 42.0. The van der Waals surface area contributed by atoms with Gasteiger partial charge in [0.25, 0.3) is 0 Å². The topological polar surface area (TPSA) is 49.4 Å². The van der Waals surface area contributed by atoms with Crippen LogP contribution in [0, 0.1) is 27.7 Å². The summed E-state index contributed by atoms with van der Waals surface area (Å²) in [4.78, 5) is 19.9. The third-order valence-corrected chi connectivity index (χ3v) is 9.73. The van der Waals surface area contributed by atoms with E-state index in [0.29, 0.717) is 23.7 Å². The minimum atomic E-state index is 0.432. The highest BCUT2D eigenvalue weighted by Gasteiger charge is 2.16. The molecule has 0 saturated carbocycles. The van der Waals surface area contributed by atoms with Gasteiger partial charge in [-0.05, 0) is 124 Å². The zero-order valence-electron chi connectivity index (χ0n) is 35.0. The maximum atomic E-state index is 5.13. The van der Waals surface area contributed by atoms with Gasteiger partial charge in [0.1, 0.15) is 0 Å². The molecule has 0 aromatic heterocycles. The highest BCUT2D eigenvalue weighted by molar-refractivity contribution is 6.42. The molecule has 0 N–H and O–H groups in total. The number of para-hydroxylation sites is 4. The van der Waals surface area contributed by atoms with Gasteiger partial charge >= 0.3 is 0 Å². The van der Waals surface area contributed by atoms with Gasteiger partial charge in [-0.25, -0.2) is 0 Å². The van der Waals surface area contributed by atoms with Crippen LogP contribution in [0.1, 0.15) is 151 Å². The molecule has 0 aliphatic carbocycles. The van der Waals surface area contributed by atoms with E-state index in [-0.39, 0.29) is 0 Å². The number of hydrogen-bond acceptors (Lipinski definition) is 4. The lowest BCUT2D eigenvalue weighted by atomic mass is 9.92. The van der Waals surface area contributed by atoms with Gasteiger partial charge in [0.2, 0.25) is 0 Å². The molecule has 4 aromatic rings. The Balaban J connectivity index is 0.000000294. The third kappa shape index (κ3) is 10.8. The Hall–Kier alpha value is -4.44. The van der Waals surface area contributed by atoms with E-state index in [1.165, 1.54) is 44.5 Å². The summed E-state index contributed by atoms with van der Waals surface area (Å²) >= 11 is 0. The van der Waals surface area contributed by atoms with E-state index < -0.39 is 0 Å². The van der Waals surface area contributed by atoms with Crippen LogP contribution >= 0.6 is 0 Å². The van der Waals surface area contributed by atoms with Crippen LogP contribution in [0.15, 0.2) is 92.8 Å². The molecule has 0 radical (unpaired) electrons. The molecule has 0 aliphatic heterocycles. The molecule has 52 heavy (non-hydrogen) atoms. The number of aryl methyl sites for hydroxylation is 4. The van der Waals surface area contributed by atoms with Crippen molar-refractivity contribution in [3.63, 3.8) is 0 Å². The average Bonchev–Trinajstić information content (AvgIpc) is 3.07. The predicted molar refractivity (Wildman–Crippen MR) is 232 cm³/mol. The van der Waals surface area contributed by atoms with E-state index in [2.05, 4.69) is 170 Å². The minimum absolute atomic E-state index is 0.432. The SMILES string of the molecule is CC(=Nc1c(C(C)C)cccc1C(C)C)C(C)=Nc1c(C(C)C)cccc1C(C)C.CC(=Nc1c(C)cccc1C)C(C)=Nc1c(C)cccc1C. The van der Waals surface area contributed by atoms with E-state index in [1.807, 2.05) is 13.8 Å². The zero-order chi connectivity index (χ0) is 38.9. The van der Waals surface area contributed by atoms with Crippen molar-refractivity contribution in [1.29, 1.82) is 0 Å². The summed E-state index contributed by atoms with van der Waals surface area (Å²) in [5.41, 5.74) is 18.2. The predicted octanol–water partition coefficient (Wildman–Crippen LogP) is 14.9. The Kier molecular flexibility index (Phi) is 15.2. The Morgan fingerprint density at radius 2 is 0.519 bits per heavy atom. The summed E-state index contributed by atoms with van der Waals surface area (Å²) in [6, 6.07) is 25.7. The van der Waals surface area contributed by atoms with E-state index in [1.54, 1.807) is 0 Å². The Bertz CT molecular complexity index is 1730. The number of benzene rings is 4. The number of aliphatic imine (C=N–C) groups is 4. The van der Waals surface area contributed by atoms with Gasteiger partial charge in [0.05, 0.1) is 45.6 Å². The molecule has 0 aliphatic rings. The number of rotatable bonds is 10. The van der Waals surface area contributed by atoms with Crippen LogP contribution in [0.2, 0.25) is 0 Å². The Labute approximate surface area is 316 Å². The Morgan fingerprint density at radius 1 is 0.327 bits per heavy atom. The van der Waals surface area contributed by atoms with Crippen LogP contribution in [0.4, 0.5) is 22.7 Å². The van der Waals surface area contributed by atoms with Crippen molar-refractivity contribution in [2.75, 3.05) is 0 Å². The fraction of sp³-hybridized carbons (Fsp3) is 0.417. The van der Waals surface area contributed by atoms with Crippen LogP contribution in [0.25, 0.3) is 0 Å². The molecule has 0 fully saturated rings. The summed E-state index contributed by atoms with van der Waals surface area (Å²) < 4.78 is 0. The van der Waals surface area contributed by atoms with Crippen molar-refractivity contribution in [3.8, 4) is 0 Å². The molecule has 276 valence electrons. The van der Waals surface area contributed by atoms with E-state index >= 15 is 0 Å². The summed E-state index contributed by atoms with van der Waals surface area (Å²) in [6.07, 6.45) is 0. The lowest BCUT2D eigenvalue weighted by molar-refractivity contribution is 0.834. The maximum absolute atomic E-state index is 5.13. The summed E-state index contributed by atoms with van der Waals surface area (Å²) in [5, 5.41) is 0. The molecule has 4 nitrogen and oxygen atoms in total. The fourth-order valence-electron chi connectivity index (χ4n) is 6.24. The molecule has 0 heterocycles. The molecule has 0 unspecified atom stereocenters. The van der Waals surface area contributed by atoms with Crippen molar-refractivity contribution in [2.24, 2.45) is 20.0 Å². The van der Waals surface area contributed by atoms with Gasteiger partial charge in [0.15, 0.2) is 0 Å². The smallest absolute Gasteiger partial charge is 0.0702 e. The molecule has 4 aromatic carbocycles. The van der Waals surface area contributed by atoms with Crippen LogP contribution in [-0.2, 0) is 0 Å². The summed E-state index contributed by atoms with van der Waals surface area (Å²) in [6.45, 7) is 34.5.